The minimum atomic E-state index is -0.609. The van der Waals surface area contributed by atoms with Gasteiger partial charge in [0.25, 0.3) is 5.91 Å². The molecule has 0 fully saturated rings. The lowest BCUT2D eigenvalue weighted by Gasteiger charge is -2.11. The van der Waals surface area contributed by atoms with Crippen molar-refractivity contribution in [2.24, 2.45) is 0 Å². The second kappa shape index (κ2) is 13.4. The highest BCUT2D eigenvalue weighted by atomic mass is 16.6. The fourth-order valence-corrected chi connectivity index (χ4v) is 3.83. The average molecular weight is 533 g/mol. The summed E-state index contributed by atoms with van der Waals surface area (Å²) in [5, 5.41) is 12.2. The van der Waals surface area contributed by atoms with Gasteiger partial charge in [-0.3, -0.25) is 4.79 Å². The highest BCUT2D eigenvalue weighted by Crippen LogP contribution is 2.29. The molecule has 0 radical (unpaired) electrons. The number of benzene rings is 4. The second-order valence-corrected chi connectivity index (χ2v) is 8.90. The number of ether oxygens (including phenoxy) is 3. The van der Waals surface area contributed by atoms with E-state index in [0.717, 1.165) is 16.7 Å². The van der Waals surface area contributed by atoms with Gasteiger partial charge in [-0.2, -0.15) is 5.26 Å². The molecule has 0 saturated carbocycles. The summed E-state index contributed by atoms with van der Waals surface area (Å²) in [6.07, 6.45) is 1.44. The SMILES string of the molecule is COc1cc(/C=C(\C#N)C(=O)NCc2ccccc2)ccc1OC(=O)COc1ccc(-c2ccc(C)cc2)cc1. The Hall–Kier alpha value is -5.35. The first-order valence-electron chi connectivity index (χ1n) is 12.6. The number of amides is 1. The van der Waals surface area contributed by atoms with Gasteiger partial charge in [-0.15, -0.1) is 0 Å². The minimum absolute atomic E-state index is 0.0653. The largest absolute Gasteiger partial charge is 0.493 e. The lowest BCUT2D eigenvalue weighted by Crippen LogP contribution is -2.23. The molecule has 0 unspecified atom stereocenters. The van der Waals surface area contributed by atoms with Crippen LogP contribution < -0.4 is 19.5 Å². The Bertz CT molecular complexity index is 1540. The molecule has 7 heteroatoms. The van der Waals surface area contributed by atoms with Crippen molar-refractivity contribution < 1.29 is 23.8 Å². The van der Waals surface area contributed by atoms with E-state index in [1.54, 1.807) is 24.3 Å². The first kappa shape index (κ1) is 27.7. The molecule has 0 heterocycles. The van der Waals surface area contributed by atoms with E-state index in [4.69, 9.17) is 14.2 Å². The molecule has 0 bridgehead atoms. The molecule has 7 nitrogen and oxygen atoms in total. The van der Waals surface area contributed by atoms with Gasteiger partial charge in [0.2, 0.25) is 0 Å². The Kier molecular flexibility index (Phi) is 9.30. The van der Waals surface area contributed by atoms with Crippen LogP contribution >= 0.6 is 0 Å². The summed E-state index contributed by atoms with van der Waals surface area (Å²) in [5.41, 5.74) is 4.72. The Morgan fingerprint density at radius 1 is 0.875 bits per heavy atom. The number of nitrogens with zero attached hydrogens (tertiary/aromatic N) is 1. The molecular weight excluding hydrogens is 504 g/mol. The van der Waals surface area contributed by atoms with Crippen LogP contribution in [-0.2, 0) is 16.1 Å². The number of aryl methyl sites for hydroxylation is 1. The Morgan fingerprint density at radius 3 is 2.20 bits per heavy atom. The Morgan fingerprint density at radius 2 is 1.55 bits per heavy atom. The van der Waals surface area contributed by atoms with Crippen molar-refractivity contribution in [1.82, 2.24) is 5.32 Å². The fraction of sp³-hybridized carbons (Fsp3) is 0.121. The molecule has 40 heavy (non-hydrogen) atoms. The first-order chi connectivity index (χ1) is 19.4. The molecule has 1 N–H and O–H groups in total. The van der Waals surface area contributed by atoms with Crippen molar-refractivity contribution in [3.05, 3.63) is 119 Å². The van der Waals surface area contributed by atoms with Crippen LogP contribution in [-0.4, -0.2) is 25.6 Å². The van der Waals surface area contributed by atoms with Gasteiger partial charge in [-0.1, -0.05) is 78.4 Å². The summed E-state index contributed by atoms with van der Waals surface area (Å²) in [5.74, 6) is -0.108. The van der Waals surface area contributed by atoms with Crippen molar-refractivity contribution in [1.29, 1.82) is 5.26 Å². The highest BCUT2D eigenvalue weighted by molar-refractivity contribution is 6.01. The third-order valence-corrected chi connectivity index (χ3v) is 5.98. The first-order valence-corrected chi connectivity index (χ1v) is 12.6. The predicted molar refractivity (Wildman–Crippen MR) is 153 cm³/mol. The number of carbonyl (C=O) groups excluding carboxylic acids is 2. The average Bonchev–Trinajstić information content (AvgIpc) is 2.99. The molecule has 0 spiro atoms. The molecular formula is C33H28N2O5. The molecule has 4 rings (SSSR count). The van der Waals surface area contributed by atoms with Crippen LogP contribution in [0.4, 0.5) is 0 Å². The fourth-order valence-electron chi connectivity index (χ4n) is 3.83. The molecule has 0 aromatic heterocycles. The third kappa shape index (κ3) is 7.59. The van der Waals surface area contributed by atoms with Gasteiger partial charge in [-0.25, -0.2) is 4.79 Å². The van der Waals surface area contributed by atoms with E-state index in [0.29, 0.717) is 17.9 Å². The summed E-state index contributed by atoms with van der Waals surface area (Å²) in [6, 6.07) is 31.7. The number of methoxy groups -OCH3 is 1. The highest BCUT2D eigenvalue weighted by Gasteiger charge is 2.14. The standard InChI is InChI=1S/C33H28N2O5/c1-23-8-11-26(12-9-23)27-13-15-29(16-14-27)39-22-32(36)40-30-17-10-25(19-31(30)38-2)18-28(20-34)33(37)35-21-24-6-4-3-5-7-24/h3-19H,21-22H2,1-2H3,(H,35,37)/b28-18+. The van der Waals surface area contributed by atoms with Crippen molar-refractivity contribution in [2.75, 3.05) is 13.7 Å². The van der Waals surface area contributed by atoms with Crippen LogP contribution in [0.1, 0.15) is 16.7 Å². The predicted octanol–water partition coefficient (Wildman–Crippen LogP) is 5.88. The number of hydrogen-bond acceptors (Lipinski definition) is 6. The summed E-state index contributed by atoms with van der Waals surface area (Å²) >= 11 is 0. The molecule has 4 aromatic rings. The van der Waals surface area contributed by atoms with Crippen molar-refractivity contribution in [3.8, 4) is 34.4 Å². The van der Waals surface area contributed by atoms with Crippen LogP contribution in [0, 0.1) is 18.3 Å². The van der Waals surface area contributed by atoms with E-state index in [9.17, 15) is 14.9 Å². The van der Waals surface area contributed by atoms with E-state index in [2.05, 4.69) is 29.6 Å². The van der Waals surface area contributed by atoms with Crippen LogP contribution in [0.5, 0.6) is 17.2 Å². The van der Waals surface area contributed by atoms with Gasteiger partial charge in [0.15, 0.2) is 18.1 Å². The number of rotatable bonds is 10. The molecule has 1 amide bonds. The maximum atomic E-state index is 12.5. The monoisotopic (exact) mass is 532 g/mol. The van der Waals surface area contributed by atoms with Crippen molar-refractivity contribution in [2.45, 2.75) is 13.5 Å². The van der Waals surface area contributed by atoms with Gasteiger partial charge < -0.3 is 19.5 Å². The second-order valence-electron chi connectivity index (χ2n) is 8.90. The van der Waals surface area contributed by atoms with E-state index >= 15 is 0 Å². The molecule has 0 atom stereocenters. The van der Waals surface area contributed by atoms with Crippen molar-refractivity contribution >= 4 is 18.0 Å². The summed E-state index contributed by atoms with van der Waals surface area (Å²) in [7, 11) is 1.43. The quantitative estimate of drug-likeness (QED) is 0.119. The lowest BCUT2D eigenvalue weighted by atomic mass is 10.0. The summed E-state index contributed by atoms with van der Waals surface area (Å²) in [6.45, 7) is 2.05. The maximum absolute atomic E-state index is 12.5. The van der Waals surface area contributed by atoms with E-state index < -0.39 is 11.9 Å². The molecule has 200 valence electrons. The minimum Gasteiger partial charge on any atom is -0.493 e. The van der Waals surface area contributed by atoms with Crippen LogP contribution in [0.25, 0.3) is 17.2 Å². The van der Waals surface area contributed by atoms with Crippen LogP contribution in [0.3, 0.4) is 0 Å². The summed E-state index contributed by atoms with van der Waals surface area (Å²) in [4.78, 5) is 24.9. The number of carbonyl (C=O) groups is 2. The smallest absolute Gasteiger partial charge is 0.349 e. The zero-order valence-corrected chi connectivity index (χ0v) is 22.2. The molecule has 0 saturated heterocycles. The number of nitrogens with one attached hydrogen (secondary N) is 1. The van der Waals surface area contributed by atoms with Crippen molar-refractivity contribution in [3.63, 3.8) is 0 Å². The van der Waals surface area contributed by atoms with Crippen LogP contribution in [0.2, 0.25) is 0 Å². The number of esters is 1. The number of nitriles is 1. The number of hydrogen-bond donors (Lipinski definition) is 1. The van der Waals surface area contributed by atoms with Crippen LogP contribution in [0.15, 0.2) is 103 Å². The molecule has 4 aromatic carbocycles. The third-order valence-electron chi connectivity index (χ3n) is 5.98. The molecule has 0 aliphatic rings. The topological polar surface area (TPSA) is 97.6 Å². The zero-order valence-electron chi connectivity index (χ0n) is 22.2. The normalized spacial score (nSPS) is 10.8. The maximum Gasteiger partial charge on any atom is 0.349 e. The van der Waals surface area contributed by atoms with Gasteiger partial charge in [0, 0.05) is 6.54 Å². The molecule has 0 aliphatic carbocycles. The van der Waals surface area contributed by atoms with Gasteiger partial charge >= 0.3 is 5.97 Å². The Balaban J connectivity index is 1.34. The van der Waals surface area contributed by atoms with E-state index in [1.807, 2.05) is 55.5 Å². The molecule has 0 aliphatic heterocycles. The van der Waals surface area contributed by atoms with Gasteiger partial charge in [0.05, 0.1) is 7.11 Å². The van der Waals surface area contributed by atoms with E-state index in [1.165, 1.54) is 24.8 Å². The summed E-state index contributed by atoms with van der Waals surface area (Å²) < 4.78 is 16.4. The van der Waals surface area contributed by atoms with Gasteiger partial charge in [-0.05, 0) is 59.5 Å². The zero-order chi connectivity index (χ0) is 28.3. The lowest BCUT2D eigenvalue weighted by molar-refractivity contribution is -0.136. The Labute approximate surface area is 233 Å². The van der Waals surface area contributed by atoms with E-state index in [-0.39, 0.29) is 23.7 Å². The van der Waals surface area contributed by atoms with Gasteiger partial charge in [0.1, 0.15) is 17.4 Å².